The number of urea groups is 1. The number of nitrogens with one attached hydrogen (secondary N) is 2. The van der Waals surface area contributed by atoms with Gasteiger partial charge in [0.1, 0.15) is 5.54 Å². The molecule has 66 valence electrons. The Morgan fingerprint density at radius 2 is 1.75 bits per heavy atom. The molecule has 0 atom stereocenters. The predicted octanol–water partition coefficient (Wildman–Crippen LogP) is 0.529. The van der Waals surface area contributed by atoms with Crippen LogP contribution in [0.2, 0.25) is 0 Å². The van der Waals surface area contributed by atoms with E-state index < -0.39 is 5.54 Å². The topological polar surface area (TPSA) is 58.2 Å². The molecule has 0 aromatic heterocycles. The number of hydrogen-bond donors (Lipinski definition) is 2. The van der Waals surface area contributed by atoms with Gasteiger partial charge in [0.15, 0.2) is 0 Å². The molecule has 1 aliphatic carbocycles. The highest BCUT2D eigenvalue weighted by Crippen LogP contribution is 2.30. The number of amides is 3. The first-order valence-corrected chi connectivity index (χ1v) is 4.37. The van der Waals surface area contributed by atoms with Crippen LogP contribution in [-0.4, -0.2) is 17.5 Å². The Hall–Kier alpha value is -1.06. The van der Waals surface area contributed by atoms with Gasteiger partial charge in [-0.05, 0) is 12.8 Å². The maximum absolute atomic E-state index is 11.4. The lowest BCUT2D eigenvalue weighted by atomic mass is 9.65. The third-order valence-electron chi connectivity index (χ3n) is 2.72. The molecule has 1 aliphatic heterocycles. The van der Waals surface area contributed by atoms with E-state index in [2.05, 4.69) is 10.6 Å². The van der Waals surface area contributed by atoms with Gasteiger partial charge in [0.05, 0.1) is 0 Å². The van der Waals surface area contributed by atoms with Gasteiger partial charge in [-0.2, -0.15) is 0 Å². The molecule has 2 rings (SSSR count). The fourth-order valence-corrected chi connectivity index (χ4v) is 2.04. The van der Waals surface area contributed by atoms with Crippen molar-refractivity contribution in [2.24, 2.45) is 0 Å². The van der Waals surface area contributed by atoms with Crippen LogP contribution in [0.25, 0.3) is 0 Å². The van der Waals surface area contributed by atoms with Crippen LogP contribution in [0.15, 0.2) is 0 Å². The molecule has 1 saturated heterocycles. The second-order valence-corrected chi connectivity index (χ2v) is 3.55. The van der Waals surface area contributed by atoms with E-state index >= 15 is 0 Å². The molecule has 4 nitrogen and oxygen atoms in total. The molecule has 0 bridgehead atoms. The van der Waals surface area contributed by atoms with Gasteiger partial charge in [-0.3, -0.25) is 10.1 Å². The molecule has 0 aromatic carbocycles. The molecule has 12 heavy (non-hydrogen) atoms. The van der Waals surface area contributed by atoms with Crippen molar-refractivity contribution in [1.29, 1.82) is 0 Å². The number of rotatable bonds is 0. The lowest BCUT2D eigenvalue weighted by molar-refractivity contribution is -0.125. The molecule has 0 aromatic rings. The Kier molecular flexibility index (Phi) is 1.56. The minimum absolute atomic E-state index is 0.132. The highest BCUT2D eigenvalue weighted by molar-refractivity contribution is 6.07. The van der Waals surface area contributed by atoms with Crippen molar-refractivity contribution in [3.05, 3.63) is 0 Å². The van der Waals surface area contributed by atoms with Crippen molar-refractivity contribution in [1.82, 2.24) is 10.6 Å². The van der Waals surface area contributed by atoms with Gasteiger partial charge in [0.25, 0.3) is 5.91 Å². The Bertz CT molecular complexity index is 231. The number of carbonyl (C=O) groups is 2. The molecule has 1 saturated carbocycles. The van der Waals surface area contributed by atoms with E-state index in [1.807, 2.05) is 0 Å². The van der Waals surface area contributed by atoms with E-state index in [1.165, 1.54) is 6.42 Å². The molecule has 3 amide bonds. The summed E-state index contributed by atoms with van der Waals surface area (Å²) in [4.78, 5) is 22.3. The average Bonchev–Trinajstić information content (AvgIpc) is 2.29. The standard InChI is InChI=1S/C8H12N2O2/c11-6-8(10-7(12)9-6)4-2-1-3-5-8/h1-5H2,(H2,9,10,11,12)/i6-1. The van der Waals surface area contributed by atoms with Crippen LogP contribution in [0, 0.1) is 0 Å². The van der Waals surface area contributed by atoms with Crippen molar-refractivity contribution in [3.63, 3.8) is 0 Å². The number of carbonyl (C=O) groups excluding carboxylic acids is 2. The van der Waals surface area contributed by atoms with Crippen molar-refractivity contribution in [2.75, 3.05) is 0 Å². The van der Waals surface area contributed by atoms with Crippen LogP contribution in [0.4, 0.5) is 4.79 Å². The fourth-order valence-electron chi connectivity index (χ4n) is 2.04. The number of imide groups is 1. The molecular formula is C8H12N2O2. The molecule has 4 heteroatoms. The van der Waals surface area contributed by atoms with Gasteiger partial charge >= 0.3 is 6.03 Å². The van der Waals surface area contributed by atoms with E-state index in [-0.39, 0.29) is 11.9 Å². The summed E-state index contributed by atoms with van der Waals surface area (Å²) in [5, 5.41) is 5.01. The molecule has 2 fully saturated rings. The zero-order valence-electron chi connectivity index (χ0n) is 6.85. The Labute approximate surface area is 70.7 Å². The smallest absolute Gasteiger partial charge is 0.322 e. The van der Waals surface area contributed by atoms with Crippen molar-refractivity contribution >= 4 is 11.9 Å². The minimum atomic E-state index is -0.546. The van der Waals surface area contributed by atoms with Gasteiger partial charge in [-0.25, -0.2) is 4.79 Å². The summed E-state index contributed by atoms with van der Waals surface area (Å²) in [6, 6.07) is -0.332. The third-order valence-corrected chi connectivity index (χ3v) is 2.72. The number of hydrogen-bond acceptors (Lipinski definition) is 2. The zero-order valence-corrected chi connectivity index (χ0v) is 6.85. The van der Waals surface area contributed by atoms with E-state index in [1.54, 1.807) is 0 Å². The fraction of sp³-hybridized carbons (Fsp3) is 0.750. The third kappa shape index (κ3) is 0.983. The Morgan fingerprint density at radius 1 is 1.08 bits per heavy atom. The van der Waals surface area contributed by atoms with Crippen molar-refractivity contribution in [3.8, 4) is 0 Å². The lowest BCUT2D eigenvalue weighted by Crippen LogP contribution is -2.48. The van der Waals surface area contributed by atoms with Crippen LogP contribution in [0.1, 0.15) is 32.1 Å². The van der Waals surface area contributed by atoms with Crippen molar-refractivity contribution in [2.45, 2.75) is 37.6 Å². The first-order chi connectivity index (χ1) is 5.73. The van der Waals surface area contributed by atoms with E-state index in [4.69, 9.17) is 0 Å². The molecule has 2 aliphatic rings. The van der Waals surface area contributed by atoms with Gasteiger partial charge < -0.3 is 5.32 Å². The highest BCUT2D eigenvalue weighted by atomic mass is 16.2. The lowest BCUT2D eigenvalue weighted by Gasteiger charge is -2.29. The highest BCUT2D eigenvalue weighted by Gasteiger charge is 2.46. The summed E-state index contributed by atoms with van der Waals surface area (Å²) in [6.45, 7) is 0. The molecule has 0 unspecified atom stereocenters. The monoisotopic (exact) mass is 167 g/mol. The summed E-state index contributed by atoms with van der Waals surface area (Å²) >= 11 is 0. The van der Waals surface area contributed by atoms with Crippen LogP contribution in [0.3, 0.4) is 0 Å². The largest absolute Gasteiger partial charge is 0.323 e. The zero-order chi connectivity index (χ0) is 8.60. The average molecular weight is 167 g/mol. The minimum Gasteiger partial charge on any atom is -0.323 e. The maximum atomic E-state index is 11.4. The van der Waals surface area contributed by atoms with Gasteiger partial charge in [-0.15, -0.1) is 0 Å². The van der Waals surface area contributed by atoms with Crippen LogP contribution >= 0.6 is 0 Å². The first kappa shape index (κ1) is 7.58. The quantitative estimate of drug-likeness (QED) is 0.517. The Balaban J connectivity index is 2.18. The second kappa shape index (κ2) is 2.47. The van der Waals surface area contributed by atoms with Crippen molar-refractivity contribution < 1.29 is 9.59 Å². The van der Waals surface area contributed by atoms with Crippen LogP contribution < -0.4 is 10.6 Å². The van der Waals surface area contributed by atoms with Crippen LogP contribution in [-0.2, 0) is 4.79 Å². The summed E-state index contributed by atoms with van der Waals surface area (Å²) < 4.78 is 0. The Morgan fingerprint density at radius 3 is 2.25 bits per heavy atom. The maximum Gasteiger partial charge on any atom is 0.322 e. The normalized spacial score (nSPS) is 27.0. The van der Waals surface area contributed by atoms with E-state index in [9.17, 15) is 9.59 Å². The van der Waals surface area contributed by atoms with E-state index in [0.717, 1.165) is 25.7 Å². The first-order valence-electron chi connectivity index (χ1n) is 4.37. The van der Waals surface area contributed by atoms with Gasteiger partial charge in [-0.1, -0.05) is 19.3 Å². The molecule has 2 N–H and O–H groups in total. The van der Waals surface area contributed by atoms with E-state index in [0.29, 0.717) is 0 Å². The second-order valence-electron chi connectivity index (χ2n) is 3.55. The molecule has 1 spiro atoms. The summed E-state index contributed by atoms with van der Waals surface area (Å²) in [7, 11) is 0. The summed E-state index contributed by atoms with van der Waals surface area (Å²) in [6.07, 6.45) is 4.83. The van der Waals surface area contributed by atoms with Gasteiger partial charge in [0, 0.05) is 0 Å². The van der Waals surface area contributed by atoms with Gasteiger partial charge in [0.2, 0.25) is 0 Å². The SMILES string of the molecule is O=C1N[11C](=O)C2(CCCCC2)N1. The molecule has 0 radical (unpaired) electrons. The molecular weight excluding hydrogens is 155 g/mol. The predicted molar refractivity (Wildman–Crippen MR) is 42.5 cm³/mol. The van der Waals surface area contributed by atoms with Crippen LogP contribution in [0.5, 0.6) is 0 Å². The molecule has 1 heterocycles. The summed E-state index contributed by atoms with van der Waals surface area (Å²) in [5.74, 6) is -0.132. The summed E-state index contributed by atoms with van der Waals surface area (Å²) in [5.41, 5.74) is -0.546.